The zero-order chi connectivity index (χ0) is 52.2. The van der Waals surface area contributed by atoms with E-state index < -0.39 is 6.10 Å². The van der Waals surface area contributed by atoms with Gasteiger partial charge in [-0.15, -0.1) is 0 Å². The zero-order valence-electron chi connectivity index (χ0n) is 46.1. The van der Waals surface area contributed by atoms with Gasteiger partial charge in [0.05, 0.1) is 0 Å². The maximum Gasteiger partial charge on any atom is 0.306 e. The summed E-state index contributed by atoms with van der Waals surface area (Å²) in [4.78, 5) is 38.0. The number of allylic oxidation sites excluding steroid dienone is 24. The minimum Gasteiger partial charge on any atom is -0.462 e. The summed E-state index contributed by atoms with van der Waals surface area (Å²) >= 11 is 0. The minimum absolute atomic E-state index is 0.104. The summed E-state index contributed by atoms with van der Waals surface area (Å²) in [6.07, 6.45) is 84.3. The highest BCUT2D eigenvalue weighted by Crippen LogP contribution is 2.13. The summed E-state index contributed by atoms with van der Waals surface area (Å²) in [5.41, 5.74) is 0. The molecule has 0 aliphatic rings. The Kier molecular flexibility index (Phi) is 55.0. The molecule has 0 bridgehead atoms. The maximum atomic E-state index is 12.8. The second-order valence-electron chi connectivity index (χ2n) is 18.4. The molecule has 0 heterocycles. The first-order valence-corrected chi connectivity index (χ1v) is 28.8. The number of carbonyl (C=O) groups is 3. The van der Waals surface area contributed by atoms with E-state index in [1.54, 1.807) is 0 Å². The quantitative estimate of drug-likeness (QED) is 0.0261. The van der Waals surface area contributed by atoms with E-state index in [0.717, 1.165) is 167 Å². The van der Waals surface area contributed by atoms with E-state index in [-0.39, 0.29) is 37.5 Å². The summed E-state index contributed by atoms with van der Waals surface area (Å²) in [5, 5.41) is 0. The lowest BCUT2D eigenvalue weighted by molar-refractivity contribution is -0.167. The second kappa shape index (κ2) is 58.9. The standard InChI is InChI=1S/C66H104O6/c1-4-7-10-13-16-19-22-24-25-26-27-28-29-30-31-32-33-34-35-36-37-38-39-40-41-43-44-47-50-53-56-59-65(68)71-62-63(61-70-64(67)58-55-52-49-46-21-18-15-12-9-6-3)72-66(69)60-57-54-51-48-45-42-23-20-17-14-11-8-5-2/h7-8,10-12,15-17,19-20,24-25,27-28,30-31,33-34,36-37,39-40,42,45,63H,4-6,9,13-14,18,21-23,26,29,32,35,38,41,43-44,46-62H2,1-3H3/b10-7-,11-8-,15-12-,19-16-,20-17-,25-24-,28-27-,31-30-,34-33-,37-36-,40-39-,45-42-. The molecule has 0 aromatic carbocycles. The van der Waals surface area contributed by atoms with E-state index in [0.29, 0.717) is 12.8 Å². The monoisotopic (exact) mass is 993 g/mol. The van der Waals surface area contributed by atoms with E-state index in [4.69, 9.17) is 14.2 Å². The molecule has 0 radical (unpaired) electrons. The van der Waals surface area contributed by atoms with Gasteiger partial charge in [-0.3, -0.25) is 14.4 Å². The molecule has 72 heavy (non-hydrogen) atoms. The van der Waals surface area contributed by atoms with Crippen molar-refractivity contribution in [1.29, 1.82) is 0 Å². The molecule has 0 aliphatic carbocycles. The molecular weight excluding hydrogens is 889 g/mol. The highest BCUT2D eigenvalue weighted by molar-refractivity contribution is 5.71. The van der Waals surface area contributed by atoms with Crippen molar-refractivity contribution in [3.05, 3.63) is 146 Å². The van der Waals surface area contributed by atoms with Gasteiger partial charge in [-0.2, -0.15) is 0 Å². The van der Waals surface area contributed by atoms with Gasteiger partial charge in [0.2, 0.25) is 0 Å². The van der Waals surface area contributed by atoms with E-state index in [2.05, 4.69) is 167 Å². The third-order valence-corrected chi connectivity index (χ3v) is 11.5. The Hall–Kier alpha value is -4.71. The van der Waals surface area contributed by atoms with Crippen LogP contribution < -0.4 is 0 Å². The fourth-order valence-electron chi connectivity index (χ4n) is 7.30. The minimum atomic E-state index is -0.807. The van der Waals surface area contributed by atoms with Crippen LogP contribution in [0.3, 0.4) is 0 Å². The number of esters is 3. The average molecular weight is 994 g/mol. The Labute approximate surface area is 442 Å². The summed E-state index contributed by atoms with van der Waals surface area (Å²) < 4.78 is 16.8. The third-order valence-electron chi connectivity index (χ3n) is 11.5. The Bertz CT molecular complexity index is 1610. The maximum absolute atomic E-state index is 12.8. The largest absolute Gasteiger partial charge is 0.462 e. The van der Waals surface area contributed by atoms with E-state index in [1.807, 2.05) is 0 Å². The predicted molar refractivity (Wildman–Crippen MR) is 311 cm³/mol. The van der Waals surface area contributed by atoms with Crippen molar-refractivity contribution < 1.29 is 28.6 Å². The predicted octanol–water partition coefficient (Wildman–Crippen LogP) is 19.6. The SMILES string of the molecule is CC/C=C\C/C=C\C/C=C\C/C=C\C/C=C\C/C=C\C/C=C\C/C=C\CCCCCCCCC(=O)OCC(COC(=O)CCCCCCC/C=C\CCC)OC(=O)CCCCC/C=C\C/C=C\C/C=C\CC. The molecule has 1 atom stereocenters. The first kappa shape index (κ1) is 67.3. The molecule has 0 fully saturated rings. The molecule has 0 aromatic heterocycles. The molecule has 0 aliphatic heterocycles. The van der Waals surface area contributed by atoms with Crippen LogP contribution in [0.2, 0.25) is 0 Å². The van der Waals surface area contributed by atoms with Crippen molar-refractivity contribution in [2.24, 2.45) is 0 Å². The summed E-state index contributed by atoms with van der Waals surface area (Å²) in [6, 6.07) is 0. The number of hydrogen-bond donors (Lipinski definition) is 0. The van der Waals surface area contributed by atoms with Crippen LogP contribution in [-0.4, -0.2) is 37.2 Å². The molecule has 0 saturated carbocycles. The summed E-state index contributed by atoms with van der Waals surface area (Å²) in [6.45, 7) is 6.28. The topological polar surface area (TPSA) is 78.9 Å². The van der Waals surface area contributed by atoms with Gasteiger partial charge < -0.3 is 14.2 Å². The van der Waals surface area contributed by atoms with E-state index in [9.17, 15) is 14.4 Å². The number of carbonyl (C=O) groups excluding carboxylic acids is 3. The van der Waals surface area contributed by atoms with Gasteiger partial charge in [-0.25, -0.2) is 0 Å². The molecule has 0 saturated heterocycles. The second-order valence-corrected chi connectivity index (χ2v) is 18.4. The van der Waals surface area contributed by atoms with Crippen LogP contribution in [-0.2, 0) is 28.6 Å². The molecule has 1 unspecified atom stereocenters. The van der Waals surface area contributed by atoms with Gasteiger partial charge in [-0.1, -0.05) is 224 Å². The highest BCUT2D eigenvalue weighted by Gasteiger charge is 2.19. The summed E-state index contributed by atoms with van der Waals surface area (Å²) in [7, 11) is 0. The van der Waals surface area contributed by atoms with Gasteiger partial charge in [0.15, 0.2) is 6.10 Å². The van der Waals surface area contributed by atoms with Crippen LogP contribution in [0.4, 0.5) is 0 Å². The van der Waals surface area contributed by atoms with Gasteiger partial charge in [0.1, 0.15) is 13.2 Å². The first-order chi connectivity index (χ1) is 35.5. The lowest BCUT2D eigenvalue weighted by Crippen LogP contribution is -2.30. The molecule has 0 N–H and O–H groups in total. The first-order valence-electron chi connectivity index (χ1n) is 28.8. The normalized spacial score (nSPS) is 13.2. The van der Waals surface area contributed by atoms with Crippen LogP contribution in [0.25, 0.3) is 0 Å². The van der Waals surface area contributed by atoms with Gasteiger partial charge >= 0.3 is 17.9 Å². The molecule has 6 heteroatoms. The molecule has 0 rings (SSSR count). The zero-order valence-corrected chi connectivity index (χ0v) is 46.1. The smallest absolute Gasteiger partial charge is 0.306 e. The van der Waals surface area contributed by atoms with Crippen molar-refractivity contribution in [3.8, 4) is 0 Å². The Morgan fingerprint density at radius 1 is 0.292 bits per heavy atom. The van der Waals surface area contributed by atoms with Crippen LogP contribution in [0.5, 0.6) is 0 Å². The Morgan fingerprint density at radius 3 is 0.875 bits per heavy atom. The number of unbranched alkanes of at least 4 members (excludes halogenated alkanes) is 15. The molecule has 0 spiro atoms. The average Bonchev–Trinajstić information content (AvgIpc) is 3.38. The van der Waals surface area contributed by atoms with Gasteiger partial charge in [0, 0.05) is 19.3 Å². The number of hydrogen-bond acceptors (Lipinski definition) is 6. The van der Waals surface area contributed by atoms with Crippen LogP contribution >= 0.6 is 0 Å². The fraction of sp³-hybridized carbons (Fsp3) is 0.591. The molecule has 6 nitrogen and oxygen atoms in total. The molecule has 0 amide bonds. The lowest BCUT2D eigenvalue weighted by Gasteiger charge is -2.18. The summed E-state index contributed by atoms with van der Waals surface area (Å²) in [5.74, 6) is -0.968. The lowest BCUT2D eigenvalue weighted by atomic mass is 10.1. The molecule has 404 valence electrons. The van der Waals surface area contributed by atoms with Crippen molar-refractivity contribution in [1.82, 2.24) is 0 Å². The number of ether oxygens (including phenoxy) is 3. The Balaban J connectivity index is 4.29. The third kappa shape index (κ3) is 56.2. The number of rotatable bonds is 50. The highest BCUT2D eigenvalue weighted by atomic mass is 16.6. The van der Waals surface area contributed by atoms with Crippen molar-refractivity contribution in [2.45, 2.75) is 239 Å². The van der Waals surface area contributed by atoms with Crippen LogP contribution in [0.15, 0.2) is 146 Å². The molecular formula is C66H104O6. The van der Waals surface area contributed by atoms with Gasteiger partial charge in [-0.05, 0) is 135 Å². The van der Waals surface area contributed by atoms with Crippen LogP contribution in [0.1, 0.15) is 233 Å². The van der Waals surface area contributed by atoms with Gasteiger partial charge in [0.25, 0.3) is 0 Å². The fourth-order valence-corrected chi connectivity index (χ4v) is 7.30. The van der Waals surface area contributed by atoms with Crippen molar-refractivity contribution in [2.75, 3.05) is 13.2 Å². The van der Waals surface area contributed by atoms with Crippen LogP contribution in [0, 0.1) is 0 Å². The van der Waals surface area contributed by atoms with E-state index >= 15 is 0 Å². The van der Waals surface area contributed by atoms with Crippen molar-refractivity contribution >= 4 is 17.9 Å². The van der Waals surface area contributed by atoms with Crippen molar-refractivity contribution in [3.63, 3.8) is 0 Å². The molecule has 0 aromatic rings. The Morgan fingerprint density at radius 2 is 0.542 bits per heavy atom. The van der Waals surface area contributed by atoms with E-state index in [1.165, 1.54) is 25.7 Å².